The van der Waals surface area contributed by atoms with Crippen molar-refractivity contribution in [3.8, 4) is 16.9 Å². The first-order valence-corrected chi connectivity index (χ1v) is 11.3. The molecule has 29 heavy (non-hydrogen) atoms. The molecule has 0 fully saturated rings. The van der Waals surface area contributed by atoms with Gasteiger partial charge < -0.3 is 4.74 Å². The maximum absolute atomic E-state index is 13.6. The van der Waals surface area contributed by atoms with Crippen LogP contribution in [0.5, 0.6) is 5.75 Å². The fourth-order valence-electron chi connectivity index (χ4n) is 3.92. The van der Waals surface area contributed by atoms with Gasteiger partial charge in [0, 0.05) is 5.56 Å². The fourth-order valence-corrected chi connectivity index (χ4v) is 5.38. The van der Waals surface area contributed by atoms with Gasteiger partial charge >= 0.3 is 0 Å². The van der Waals surface area contributed by atoms with Crippen LogP contribution in [0.2, 0.25) is 0 Å². The Kier molecular flexibility index (Phi) is 5.09. The number of fused-ring (bicyclic) bond motifs is 3. The summed E-state index contributed by atoms with van der Waals surface area (Å²) >= 11 is 0. The molecule has 4 nitrogen and oxygen atoms in total. The molecular formula is C24H25NO3S. The first-order valence-electron chi connectivity index (χ1n) is 9.85. The summed E-state index contributed by atoms with van der Waals surface area (Å²) in [6, 6.07) is 20.7. The first-order chi connectivity index (χ1) is 14.0. The Morgan fingerprint density at radius 3 is 2.41 bits per heavy atom. The molecular weight excluding hydrogens is 382 g/mol. The second kappa shape index (κ2) is 7.56. The lowest BCUT2D eigenvalue weighted by Gasteiger charge is -2.34. The van der Waals surface area contributed by atoms with Gasteiger partial charge in [-0.05, 0) is 59.4 Å². The molecule has 3 aromatic carbocycles. The molecule has 150 valence electrons. The van der Waals surface area contributed by atoms with Gasteiger partial charge in [-0.1, -0.05) is 50.2 Å². The van der Waals surface area contributed by atoms with Gasteiger partial charge in [-0.3, -0.25) is 4.31 Å². The van der Waals surface area contributed by atoms with Gasteiger partial charge in [0.05, 0.1) is 24.2 Å². The average Bonchev–Trinajstić information content (AvgIpc) is 2.77. The minimum Gasteiger partial charge on any atom is -0.497 e. The zero-order valence-corrected chi connectivity index (χ0v) is 17.7. The van der Waals surface area contributed by atoms with Gasteiger partial charge in [0.15, 0.2) is 0 Å². The Morgan fingerprint density at radius 2 is 1.72 bits per heavy atom. The summed E-state index contributed by atoms with van der Waals surface area (Å²) in [6.07, 6.45) is 0.990. The summed E-state index contributed by atoms with van der Waals surface area (Å²) in [5.74, 6) is 0.967. The van der Waals surface area contributed by atoms with Crippen molar-refractivity contribution in [1.82, 2.24) is 0 Å². The Bertz CT molecular complexity index is 1140. The third kappa shape index (κ3) is 3.29. The van der Waals surface area contributed by atoms with Crippen LogP contribution in [0, 0.1) is 0 Å². The molecule has 4 rings (SSSR count). The van der Waals surface area contributed by atoms with Crippen molar-refractivity contribution in [3.63, 3.8) is 0 Å². The molecule has 0 saturated carbocycles. The van der Waals surface area contributed by atoms with Crippen molar-refractivity contribution >= 4 is 15.7 Å². The lowest BCUT2D eigenvalue weighted by Crippen LogP contribution is -2.33. The molecule has 1 aliphatic rings. The van der Waals surface area contributed by atoms with Crippen LogP contribution in [0.1, 0.15) is 37.3 Å². The summed E-state index contributed by atoms with van der Waals surface area (Å²) in [5.41, 5.74) is 5.11. The van der Waals surface area contributed by atoms with Gasteiger partial charge in [-0.25, -0.2) is 8.42 Å². The van der Waals surface area contributed by atoms with Gasteiger partial charge in [0.25, 0.3) is 10.0 Å². The van der Waals surface area contributed by atoms with E-state index in [4.69, 9.17) is 4.74 Å². The standard InChI is InChI=1S/C24H25NO3S/c1-4-17(2)21-10-7-11-23-24(21)22-9-6-5-8-18(22)16-25(23)29(26,27)20-14-12-19(28-3)13-15-20/h5-15,17H,4,16H2,1-3H3/t17-/m0/s1. The molecule has 0 amide bonds. The highest BCUT2D eigenvalue weighted by Crippen LogP contribution is 2.45. The molecule has 3 aromatic rings. The minimum atomic E-state index is -3.71. The number of hydrogen-bond donors (Lipinski definition) is 0. The molecule has 0 unspecified atom stereocenters. The molecule has 0 aliphatic carbocycles. The largest absolute Gasteiger partial charge is 0.497 e. The number of nitrogens with zero attached hydrogens (tertiary/aromatic N) is 1. The third-order valence-corrected chi connectivity index (χ3v) is 7.51. The van der Waals surface area contributed by atoms with Crippen LogP contribution < -0.4 is 9.04 Å². The van der Waals surface area contributed by atoms with Crippen LogP contribution >= 0.6 is 0 Å². The van der Waals surface area contributed by atoms with Gasteiger partial charge in [0.2, 0.25) is 0 Å². The number of rotatable bonds is 5. The lowest BCUT2D eigenvalue weighted by atomic mass is 9.85. The average molecular weight is 408 g/mol. The second-order valence-electron chi connectivity index (χ2n) is 7.40. The SMILES string of the molecule is CC[C@H](C)c1cccc2c1-c1ccccc1CN2S(=O)(=O)c1ccc(OC)cc1. The van der Waals surface area contributed by atoms with Gasteiger partial charge in [-0.2, -0.15) is 0 Å². The lowest BCUT2D eigenvalue weighted by molar-refractivity contribution is 0.414. The predicted octanol–water partition coefficient (Wildman–Crippen LogP) is 5.58. The van der Waals surface area contributed by atoms with E-state index in [9.17, 15) is 8.42 Å². The zero-order valence-electron chi connectivity index (χ0n) is 16.9. The summed E-state index contributed by atoms with van der Waals surface area (Å²) in [6.45, 7) is 4.67. The molecule has 1 heterocycles. The third-order valence-electron chi connectivity index (χ3n) is 5.73. The topological polar surface area (TPSA) is 46.6 Å². The monoisotopic (exact) mass is 407 g/mol. The molecule has 1 aliphatic heterocycles. The molecule has 0 bridgehead atoms. The molecule has 0 N–H and O–H groups in total. The fraction of sp³-hybridized carbons (Fsp3) is 0.250. The summed E-state index contributed by atoms with van der Waals surface area (Å²) in [7, 11) is -2.15. The Morgan fingerprint density at radius 1 is 1.00 bits per heavy atom. The number of benzene rings is 3. The molecule has 0 aromatic heterocycles. The van der Waals surface area contributed by atoms with E-state index in [0.717, 1.165) is 28.8 Å². The van der Waals surface area contributed by atoms with Crippen molar-refractivity contribution in [2.24, 2.45) is 0 Å². The number of anilines is 1. The van der Waals surface area contributed by atoms with E-state index in [0.29, 0.717) is 18.2 Å². The molecule has 0 radical (unpaired) electrons. The normalized spacial score (nSPS) is 14.1. The number of ether oxygens (including phenoxy) is 1. The van der Waals surface area contributed by atoms with E-state index in [-0.39, 0.29) is 4.90 Å². The van der Waals surface area contributed by atoms with Crippen LogP contribution in [0.4, 0.5) is 5.69 Å². The zero-order chi connectivity index (χ0) is 20.6. The molecule has 0 saturated heterocycles. The number of methoxy groups -OCH3 is 1. The van der Waals surface area contributed by atoms with E-state index in [1.807, 2.05) is 30.3 Å². The highest BCUT2D eigenvalue weighted by molar-refractivity contribution is 7.92. The maximum Gasteiger partial charge on any atom is 0.264 e. The number of sulfonamides is 1. The Balaban J connectivity index is 1.91. The van der Waals surface area contributed by atoms with Crippen molar-refractivity contribution < 1.29 is 13.2 Å². The highest BCUT2D eigenvalue weighted by atomic mass is 32.2. The summed E-state index contributed by atoms with van der Waals surface area (Å²) in [5, 5.41) is 0. The smallest absolute Gasteiger partial charge is 0.264 e. The molecule has 1 atom stereocenters. The van der Waals surface area contributed by atoms with Gasteiger partial charge in [-0.15, -0.1) is 0 Å². The van der Waals surface area contributed by atoms with Crippen LogP contribution in [0.3, 0.4) is 0 Å². The Hall–Kier alpha value is -2.79. The van der Waals surface area contributed by atoms with E-state index >= 15 is 0 Å². The van der Waals surface area contributed by atoms with Crippen LogP contribution in [0.15, 0.2) is 71.6 Å². The van der Waals surface area contributed by atoms with Gasteiger partial charge in [0.1, 0.15) is 5.75 Å². The summed E-state index contributed by atoms with van der Waals surface area (Å²) < 4.78 is 33.9. The van der Waals surface area contributed by atoms with E-state index in [1.165, 1.54) is 5.56 Å². The first kappa shape index (κ1) is 19.5. The Labute approximate surface area is 172 Å². The highest BCUT2D eigenvalue weighted by Gasteiger charge is 2.33. The number of hydrogen-bond acceptors (Lipinski definition) is 3. The molecule has 5 heteroatoms. The maximum atomic E-state index is 13.6. The summed E-state index contributed by atoms with van der Waals surface area (Å²) in [4.78, 5) is 0.262. The van der Waals surface area contributed by atoms with Crippen LogP contribution in [0.25, 0.3) is 11.1 Å². The van der Waals surface area contributed by atoms with Crippen LogP contribution in [-0.2, 0) is 16.6 Å². The van der Waals surface area contributed by atoms with E-state index in [1.54, 1.807) is 35.7 Å². The van der Waals surface area contributed by atoms with Crippen molar-refractivity contribution in [2.75, 3.05) is 11.4 Å². The van der Waals surface area contributed by atoms with Crippen molar-refractivity contribution in [1.29, 1.82) is 0 Å². The minimum absolute atomic E-state index is 0.262. The quantitative estimate of drug-likeness (QED) is 0.554. The van der Waals surface area contributed by atoms with E-state index in [2.05, 4.69) is 26.0 Å². The van der Waals surface area contributed by atoms with Crippen molar-refractivity contribution in [3.05, 3.63) is 77.9 Å². The van der Waals surface area contributed by atoms with Crippen molar-refractivity contribution in [2.45, 2.75) is 37.6 Å². The van der Waals surface area contributed by atoms with E-state index < -0.39 is 10.0 Å². The van der Waals surface area contributed by atoms with Crippen LogP contribution in [-0.4, -0.2) is 15.5 Å². The second-order valence-corrected chi connectivity index (χ2v) is 9.26. The predicted molar refractivity (Wildman–Crippen MR) is 117 cm³/mol. The molecule has 0 spiro atoms.